The molecule has 0 bridgehead atoms. The number of benzene rings is 1. The second-order valence-corrected chi connectivity index (χ2v) is 9.21. The van der Waals surface area contributed by atoms with Crippen LogP contribution < -0.4 is 10.9 Å². The SMILES string of the molecule is CCC1CC=C(c2ncc(Cl)c(Nc3ccc4c(c3)cc(CCC(C)=O)c(=O)n4C)n2)CC1. The van der Waals surface area contributed by atoms with Crippen molar-refractivity contribution in [2.75, 3.05) is 5.32 Å². The van der Waals surface area contributed by atoms with Crippen molar-refractivity contribution in [3.8, 4) is 0 Å². The molecule has 0 spiro atoms. The molecular formula is C26H29ClN4O2. The number of aryl methyl sites for hydroxylation is 2. The van der Waals surface area contributed by atoms with Gasteiger partial charge in [-0.1, -0.05) is 31.0 Å². The van der Waals surface area contributed by atoms with Crippen molar-refractivity contribution < 1.29 is 4.79 Å². The Bertz CT molecular complexity index is 1300. The first-order valence-electron chi connectivity index (χ1n) is 11.5. The highest BCUT2D eigenvalue weighted by atomic mass is 35.5. The fourth-order valence-electron chi connectivity index (χ4n) is 4.33. The van der Waals surface area contributed by atoms with Crippen LogP contribution in [0.3, 0.4) is 0 Å². The first-order valence-corrected chi connectivity index (χ1v) is 11.8. The summed E-state index contributed by atoms with van der Waals surface area (Å²) < 4.78 is 1.63. The molecule has 1 aromatic carbocycles. The lowest BCUT2D eigenvalue weighted by Crippen LogP contribution is -2.21. The van der Waals surface area contributed by atoms with Crippen LogP contribution in [0.2, 0.25) is 5.02 Å². The quantitative estimate of drug-likeness (QED) is 0.475. The van der Waals surface area contributed by atoms with Gasteiger partial charge in [0.1, 0.15) is 10.8 Å². The number of Topliss-reactive ketones (excluding diaryl/α,β-unsaturated/α-hetero) is 1. The Morgan fingerprint density at radius 1 is 1.30 bits per heavy atom. The number of anilines is 2. The summed E-state index contributed by atoms with van der Waals surface area (Å²) in [5.74, 6) is 2.08. The largest absolute Gasteiger partial charge is 0.339 e. The van der Waals surface area contributed by atoms with E-state index in [2.05, 4.69) is 23.3 Å². The van der Waals surface area contributed by atoms with Gasteiger partial charge in [-0.3, -0.25) is 4.79 Å². The molecule has 1 unspecified atom stereocenters. The molecule has 4 rings (SSSR count). The second kappa shape index (κ2) is 9.87. The van der Waals surface area contributed by atoms with Crippen LogP contribution in [0.1, 0.15) is 57.3 Å². The summed E-state index contributed by atoms with van der Waals surface area (Å²) in [6, 6.07) is 7.64. The molecule has 1 aliphatic rings. The Morgan fingerprint density at radius 2 is 2.12 bits per heavy atom. The van der Waals surface area contributed by atoms with Crippen molar-refractivity contribution >= 4 is 45.4 Å². The molecule has 0 saturated carbocycles. The number of hydrogen-bond acceptors (Lipinski definition) is 5. The summed E-state index contributed by atoms with van der Waals surface area (Å²) in [6.45, 7) is 3.77. The Balaban J connectivity index is 1.63. The van der Waals surface area contributed by atoms with E-state index >= 15 is 0 Å². The zero-order chi connectivity index (χ0) is 23.5. The number of aromatic nitrogens is 3. The topological polar surface area (TPSA) is 76.9 Å². The third kappa shape index (κ3) is 5.17. The summed E-state index contributed by atoms with van der Waals surface area (Å²) >= 11 is 6.41. The summed E-state index contributed by atoms with van der Waals surface area (Å²) in [7, 11) is 1.75. The van der Waals surface area contributed by atoms with Gasteiger partial charge in [-0.15, -0.1) is 0 Å². The number of fused-ring (bicyclic) bond motifs is 1. The molecule has 0 aliphatic heterocycles. The number of pyridine rings is 1. The standard InChI is InChI=1S/C26H29ClN4O2/c1-4-17-6-9-18(10-7-17)24-28-15-22(27)25(30-24)29-21-11-12-23-20(14-21)13-19(8-5-16(2)32)26(33)31(23)3/h9,11-15,17H,4-8,10H2,1-3H3,(H,28,29,30). The lowest BCUT2D eigenvalue weighted by atomic mass is 9.88. The number of hydrogen-bond donors (Lipinski definition) is 1. The first-order chi connectivity index (χ1) is 15.9. The highest BCUT2D eigenvalue weighted by Gasteiger charge is 2.17. The van der Waals surface area contributed by atoms with Crippen LogP contribution in [0, 0.1) is 5.92 Å². The minimum atomic E-state index is -0.0704. The molecule has 0 fully saturated rings. The molecule has 0 radical (unpaired) electrons. The number of carbonyl (C=O) groups excluding carboxylic acids is 1. The van der Waals surface area contributed by atoms with E-state index in [0.29, 0.717) is 35.1 Å². The van der Waals surface area contributed by atoms with Crippen molar-refractivity contribution in [3.63, 3.8) is 0 Å². The fraction of sp³-hybridized carbons (Fsp3) is 0.385. The molecular weight excluding hydrogens is 436 g/mol. The molecule has 2 heterocycles. The second-order valence-electron chi connectivity index (χ2n) is 8.80. The molecule has 6 nitrogen and oxygen atoms in total. The van der Waals surface area contributed by atoms with Gasteiger partial charge in [0, 0.05) is 30.1 Å². The molecule has 0 saturated heterocycles. The van der Waals surface area contributed by atoms with Crippen molar-refractivity contribution in [2.45, 2.75) is 52.4 Å². The fourth-order valence-corrected chi connectivity index (χ4v) is 4.46. The number of nitrogens with zero attached hydrogens (tertiary/aromatic N) is 3. The third-order valence-corrected chi connectivity index (χ3v) is 6.71. The summed E-state index contributed by atoms with van der Waals surface area (Å²) in [5.41, 5.74) is 3.37. The molecule has 33 heavy (non-hydrogen) atoms. The molecule has 7 heteroatoms. The van der Waals surface area contributed by atoms with E-state index in [4.69, 9.17) is 16.6 Å². The van der Waals surface area contributed by atoms with Gasteiger partial charge in [-0.05, 0) is 68.4 Å². The first kappa shape index (κ1) is 23.2. The third-order valence-electron chi connectivity index (χ3n) is 6.44. The Hall–Kier alpha value is -2.99. The smallest absolute Gasteiger partial charge is 0.253 e. The number of nitrogens with one attached hydrogen (secondary N) is 1. The highest BCUT2D eigenvalue weighted by Crippen LogP contribution is 2.32. The zero-order valence-electron chi connectivity index (χ0n) is 19.3. The predicted octanol–water partition coefficient (Wildman–Crippen LogP) is 5.84. The minimum Gasteiger partial charge on any atom is -0.339 e. The Kier molecular flexibility index (Phi) is 6.94. The molecule has 2 aromatic heterocycles. The lowest BCUT2D eigenvalue weighted by Gasteiger charge is -2.20. The van der Waals surface area contributed by atoms with Gasteiger partial charge in [0.25, 0.3) is 5.56 Å². The lowest BCUT2D eigenvalue weighted by molar-refractivity contribution is -0.116. The van der Waals surface area contributed by atoms with Crippen molar-refractivity contribution in [3.05, 3.63) is 63.3 Å². The van der Waals surface area contributed by atoms with Crippen molar-refractivity contribution in [1.82, 2.24) is 14.5 Å². The maximum atomic E-state index is 12.6. The van der Waals surface area contributed by atoms with Gasteiger partial charge < -0.3 is 14.7 Å². The van der Waals surface area contributed by atoms with Gasteiger partial charge in [0.05, 0.1) is 11.7 Å². The normalized spacial score (nSPS) is 16.0. The average Bonchev–Trinajstić information content (AvgIpc) is 2.82. The van der Waals surface area contributed by atoms with E-state index in [9.17, 15) is 9.59 Å². The van der Waals surface area contributed by atoms with E-state index in [1.165, 1.54) is 12.0 Å². The van der Waals surface area contributed by atoms with E-state index in [0.717, 1.165) is 41.8 Å². The van der Waals surface area contributed by atoms with Gasteiger partial charge in [-0.25, -0.2) is 9.97 Å². The maximum absolute atomic E-state index is 12.6. The number of ketones is 1. The van der Waals surface area contributed by atoms with Crippen LogP contribution in [0.15, 0.2) is 41.3 Å². The van der Waals surface area contributed by atoms with E-state index in [1.54, 1.807) is 24.7 Å². The van der Waals surface area contributed by atoms with E-state index in [-0.39, 0.29) is 11.3 Å². The highest BCUT2D eigenvalue weighted by molar-refractivity contribution is 6.32. The van der Waals surface area contributed by atoms with E-state index in [1.807, 2.05) is 24.3 Å². The average molecular weight is 465 g/mol. The van der Waals surface area contributed by atoms with Gasteiger partial charge >= 0.3 is 0 Å². The summed E-state index contributed by atoms with van der Waals surface area (Å²) in [5, 5.41) is 4.67. The van der Waals surface area contributed by atoms with Gasteiger partial charge in [0.2, 0.25) is 0 Å². The van der Waals surface area contributed by atoms with Crippen LogP contribution in [0.25, 0.3) is 16.5 Å². The number of rotatable bonds is 7. The molecule has 0 amide bonds. The van der Waals surface area contributed by atoms with Gasteiger partial charge in [-0.2, -0.15) is 0 Å². The molecule has 3 aromatic rings. The summed E-state index contributed by atoms with van der Waals surface area (Å²) in [6.07, 6.45) is 9.09. The monoisotopic (exact) mass is 464 g/mol. The maximum Gasteiger partial charge on any atom is 0.253 e. The van der Waals surface area contributed by atoms with Crippen LogP contribution in [-0.4, -0.2) is 20.3 Å². The molecule has 1 N–H and O–H groups in total. The molecule has 1 aliphatic carbocycles. The molecule has 172 valence electrons. The van der Waals surface area contributed by atoms with Crippen molar-refractivity contribution in [2.24, 2.45) is 13.0 Å². The minimum absolute atomic E-state index is 0.0695. The number of carbonyl (C=O) groups is 1. The number of allylic oxidation sites excluding steroid dienone is 2. The zero-order valence-corrected chi connectivity index (χ0v) is 20.1. The predicted molar refractivity (Wildman–Crippen MR) is 134 cm³/mol. The van der Waals surface area contributed by atoms with Crippen LogP contribution >= 0.6 is 11.6 Å². The van der Waals surface area contributed by atoms with E-state index < -0.39 is 0 Å². The summed E-state index contributed by atoms with van der Waals surface area (Å²) in [4.78, 5) is 33.2. The van der Waals surface area contributed by atoms with Crippen LogP contribution in [-0.2, 0) is 18.3 Å². The van der Waals surface area contributed by atoms with Crippen LogP contribution in [0.5, 0.6) is 0 Å². The van der Waals surface area contributed by atoms with Crippen LogP contribution in [0.4, 0.5) is 11.5 Å². The van der Waals surface area contributed by atoms with Gasteiger partial charge in [0.15, 0.2) is 11.6 Å². The molecule has 1 atom stereocenters. The Morgan fingerprint density at radius 3 is 2.82 bits per heavy atom. The van der Waals surface area contributed by atoms with Crippen molar-refractivity contribution in [1.29, 1.82) is 0 Å². The number of halogens is 1. The Labute approximate surface area is 198 Å².